The highest BCUT2D eigenvalue weighted by molar-refractivity contribution is 6.23. The highest BCUT2D eigenvalue weighted by Crippen LogP contribution is 2.44. The van der Waals surface area contributed by atoms with Crippen molar-refractivity contribution < 1.29 is 37.1 Å². The average molecular weight is 729 g/mol. The lowest BCUT2D eigenvalue weighted by Crippen LogP contribution is -2.60. The van der Waals surface area contributed by atoms with Gasteiger partial charge in [0.1, 0.15) is 11.8 Å². The van der Waals surface area contributed by atoms with Gasteiger partial charge in [-0.2, -0.15) is 0 Å². The molecule has 14 heteroatoms. The summed E-state index contributed by atoms with van der Waals surface area (Å²) in [5.41, 5.74) is 11.3. The standard InChI is InChI=1S/C39H39F3N6O5/c40-39(41,42)53-27-6-3-25(4-7-27)31-21-46(15-1-14-43)32-9-2-24(18-29(31)32)20-45-16-12-38(13-17-45)22-47(23-38)26-5-8-28-30(19-26)37(52)48(36(28)51)33-10-11-34(49)44-35(33)50/h2-9,18-19,21,33H,1,10-17,20,22-23,43H2,(H,44,49,50). The number of alkyl halides is 3. The number of carbonyl (C=O) groups is 4. The highest BCUT2D eigenvalue weighted by atomic mass is 19.4. The summed E-state index contributed by atoms with van der Waals surface area (Å²) < 4.78 is 44.5. The summed E-state index contributed by atoms with van der Waals surface area (Å²) >= 11 is 0. The number of anilines is 1. The molecule has 11 nitrogen and oxygen atoms in total. The van der Waals surface area contributed by atoms with Crippen LogP contribution in [0, 0.1) is 5.41 Å². The predicted molar refractivity (Wildman–Crippen MR) is 190 cm³/mol. The SMILES string of the molecule is NCCCn1cc(-c2ccc(OC(F)(F)F)cc2)c2cc(CN3CCC4(CC3)CN(c3ccc5c(c3)C(=O)N(C3CCC(=O)NC3=O)C5=O)C4)ccc21. The van der Waals surface area contributed by atoms with Crippen LogP contribution in [0.25, 0.3) is 22.0 Å². The number of likely N-dealkylation sites (tertiary alicyclic amines) is 1. The quantitative estimate of drug-likeness (QED) is 0.229. The monoisotopic (exact) mass is 728 g/mol. The maximum absolute atomic E-state index is 13.3. The molecule has 1 atom stereocenters. The van der Waals surface area contributed by atoms with Gasteiger partial charge in [-0.15, -0.1) is 13.2 Å². The van der Waals surface area contributed by atoms with Crippen molar-refractivity contribution in [2.45, 2.75) is 57.6 Å². The van der Waals surface area contributed by atoms with E-state index >= 15 is 0 Å². The molecule has 276 valence electrons. The molecule has 0 aliphatic carbocycles. The van der Waals surface area contributed by atoms with Gasteiger partial charge in [-0.05, 0) is 98.9 Å². The summed E-state index contributed by atoms with van der Waals surface area (Å²) in [5, 5.41) is 3.26. The maximum Gasteiger partial charge on any atom is 0.573 e. The molecule has 3 fully saturated rings. The van der Waals surface area contributed by atoms with Gasteiger partial charge in [0.25, 0.3) is 11.8 Å². The van der Waals surface area contributed by atoms with Crippen molar-refractivity contribution in [1.82, 2.24) is 19.7 Å². The van der Waals surface area contributed by atoms with Crippen molar-refractivity contribution in [3.05, 3.63) is 83.6 Å². The Morgan fingerprint density at radius 1 is 0.887 bits per heavy atom. The first-order valence-electron chi connectivity index (χ1n) is 17.9. The molecule has 1 unspecified atom stereocenters. The number of nitrogens with two attached hydrogens (primary N) is 1. The minimum Gasteiger partial charge on any atom is -0.406 e. The Labute approximate surface area is 303 Å². The van der Waals surface area contributed by atoms with Crippen LogP contribution < -0.4 is 20.7 Å². The predicted octanol–water partition coefficient (Wildman–Crippen LogP) is 5.06. The van der Waals surface area contributed by atoms with Crippen molar-refractivity contribution in [3.8, 4) is 16.9 Å². The van der Waals surface area contributed by atoms with Gasteiger partial charge in [0.05, 0.1) is 11.1 Å². The molecule has 5 heterocycles. The van der Waals surface area contributed by atoms with E-state index in [1.165, 1.54) is 12.1 Å². The smallest absolute Gasteiger partial charge is 0.406 e. The number of aromatic nitrogens is 1. The zero-order valence-electron chi connectivity index (χ0n) is 29.0. The van der Waals surface area contributed by atoms with E-state index in [1.807, 2.05) is 12.3 Å². The second-order valence-corrected chi connectivity index (χ2v) is 14.6. The highest BCUT2D eigenvalue weighted by Gasteiger charge is 2.47. The average Bonchev–Trinajstić information content (AvgIpc) is 3.59. The number of rotatable bonds is 9. The summed E-state index contributed by atoms with van der Waals surface area (Å²) in [6.45, 7) is 5.59. The molecular formula is C39H39F3N6O5. The van der Waals surface area contributed by atoms with Crippen molar-refractivity contribution in [2.24, 2.45) is 11.1 Å². The number of hydrogen-bond donors (Lipinski definition) is 2. The third-order valence-corrected chi connectivity index (χ3v) is 11.1. The van der Waals surface area contributed by atoms with Gasteiger partial charge in [0, 0.05) is 66.4 Å². The lowest BCUT2D eigenvalue weighted by Gasteiger charge is -2.55. The Bertz CT molecular complexity index is 2110. The zero-order valence-corrected chi connectivity index (χ0v) is 29.0. The first kappa shape index (κ1) is 34.9. The maximum atomic E-state index is 13.3. The Morgan fingerprint density at radius 3 is 2.32 bits per heavy atom. The van der Waals surface area contributed by atoms with Gasteiger partial charge in [-0.25, -0.2) is 0 Å². The molecule has 1 aromatic heterocycles. The summed E-state index contributed by atoms with van der Waals surface area (Å²) in [7, 11) is 0. The lowest BCUT2D eigenvalue weighted by atomic mass is 9.71. The molecular weight excluding hydrogens is 689 g/mol. The molecule has 3 aromatic carbocycles. The molecule has 0 radical (unpaired) electrons. The molecule has 3 N–H and O–H groups in total. The van der Waals surface area contributed by atoms with E-state index in [2.05, 4.69) is 42.6 Å². The molecule has 1 spiro atoms. The summed E-state index contributed by atoms with van der Waals surface area (Å²) in [5.74, 6) is -2.30. The lowest BCUT2D eigenvalue weighted by molar-refractivity contribution is -0.274. The van der Waals surface area contributed by atoms with Crippen LogP contribution in [-0.4, -0.2) is 83.1 Å². The van der Waals surface area contributed by atoms with E-state index in [0.717, 1.165) is 96.7 Å². The molecule has 4 aliphatic heterocycles. The largest absolute Gasteiger partial charge is 0.573 e. The Balaban J connectivity index is 0.913. The van der Waals surface area contributed by atoms with Gasteiger partial charge in [-0.1, -0.05) is 18.2 Å². The van der Waals surface area contributed by atoms with Gasteiger partial charge < -0.3 is 19.9 Å². The first-order chi connectivity index (χ1) is 25.4. The van der Waals surface area contributed by atoms with Crippen molar-refractivity contribution >= 4 is 40.2 Å². The fourth-order valence-electron chi connectivity index (χ4n) is 8.32. The molecule has 53 heavy (non-hydrogen) atoms. The number of amides is 4. The number of ether oxygens (including phenoxy) is 1. The normalized spacial score (nSPS) is 20.3. The topological polar surface area (TPSA) is 130 Å². The molecule has 4 aliphatic rings. The number of aryl methyl sites for hydroxylation is 1. The molecule has 0 bridgehead atoms. The summed E-state index contributed by atoms with van der Waals surface area (Å²) in [4.78, 5) is 56.2. The van der Waals surface area contributed by atoms with E-state index in [-0.39, 0.29) is 35.1 Å². The fourth-order valence-corrected chi connectivity index (χ4v) is 8.32. The van der Waals surface area contributed by atoms with E-state index in [0.29, 0.717) is 6.54 Å². The second-order valence-electron chi connectivity index (χ2n) is 14.6. The number of benzene rings is 3. The van der Waals surface area contributed by atoms with Gasteiger partial charge >= 0.3 is 6.36 Å². The minimum absolute atomic E-state index is 0.0764. The Hall–Kier alpha value is -5.21. The van der Waals surface area contributed by atoms with Crippen LogP contribution in [0.15, 0.2) is 66.9 Å². The molecule has 3 saturated heterocycles. The number of hydrogen-bond acceptors (Lipinski definition) is 8. The second kappa shape index (κ2) is 13.3. The van der Waals surface area contributed by atoms with Crippen LogP contribution >= 0.6 is 0 Å². The van der Waals surface area contributed by atoms with Crippen molar-refractivity contribution in [2.75, 3.05) is 37.6 Å². The summed E-state index contributed by atoms with van der Waals surface area (Å²) in [6.07, 6.45) is 0.318. The van der Waals surface area contributed by atoms with Crippen LogP contribution in [0.5, 0.6) is 5.75 Å². The van der Waals surface area contributed by atoms with E-state index in [4.69, 9.17) is 5.73 Å². The summed E-state index contributed by atoms with van der Waals surface area (Å²) in [6, 6.07) is 16.7. The van der Waals surface area contributed by atoms with Gasteiger partial charge in [-0.3, -0.25) is 34.3 Å². The zero-order chi connectivity index (χ0) is 37.1. The number of halogens is 3. The van der Waals surface area contributed by atoms with Crippen molar-refractivity contribution in [3.63, 3.8) is 0 Å². The number of fused-ring (bicyclic) bond motifs is 2. The van der Waals surface area contributed by atoms with Crippen LogP contribution in [0.4, 0.5) is 18.9 Å². The van der Waals surface area contributed by atoms with Crippen LogP contribution in [0.1, 0.15) is 58.4 Å². The number of imide groups is 2. The molecule has 0 saturated carbocycles. The number of nitrogens with zero attached hydrogens (tertiary/aromatic N) is 4. The van der Waals surface area contributed by atoms with Gasteiger partial charge in [0.2, 0.25) is 11.8 Å². The van der Waals surface area contributed by atoms with Crippen LogP contribution in [0.2, 0.25) is 0 Å². The first-order valence-corrected chi connectivity index (χ1v) is 17.9. The third kappa shape index (κ3) is 6.65. The van der Waals surface area contributed by atoms with Gasteiger partial charge in [0.15, 0.2) is 0 Å². The van der Waals surface area contributed by atoms with E-state index < -0.39 is 36.0 Å². The molecule has 4 amide bonds. The number of nitrogens with one attached hydrogen (secondary N) is 1. The fraction of sp³-hybridized carbons (Fsp3) is 0.385. The van der Waals surface area contributed by atoms with Crippen molar-refractivity contribution in [1.29, 1.82) is 0 Å². The molecule has 8 rings (SSSR count). The van der Waals surface area contributed by atoms with E-state index in [9.17, 15) is 32.3 Å². The van der Waals surface area contributed by atoms with Crippen LogP contribution in [0.3, 0.4) is 0 Å². The molecule has 4 aromatic rings. The number of piperidine rings is 2. The Kier molecular flexibility index (Phi) is 8.77. The van der Waals surface area contributed by atoms with E-state index in [1.54, 1.807) is 24.3 Å². The minimum atomic E-state index is -4.75. The Morgan fingerprint density at radius 2 is 1.62 bits per heavy atom. The van der Waals surface area contributed by atoms with Crippen LogP contribution in [-0.2, 0) is 22.7 Å². The third-order valence-electron chi connectivity index (χ3n) is 11.1. The number of carbonyl (C=O) groups excluding carboxylic acids is 4.